The number of hydrogen-bond acceptors (Lipinski definition) is 5. The van der Waals surface area contributed by atoms with E-state index >= 15 is 0 Å². The smallest absolute Gasteiger partial charge is 0.265 e. The molecule has 4 rings (SSSR count). The number of carbonyl (C=O) groups excluding carboxylic acids is 2. The Morgan fingerprint density at radius 2 is 1.81 bits per heavy atom. The van der Waals surface area contributed by atoms with Gasteiger partial charge in [-0.15, -0.1) is 6.58 Å². The third kappa shape index (κ3) is 4.39. The van der Waals surface area contributed by atoms with Gasteiger partial charge in [0.25, 0.3) is 11.8 Å². The third-order valence-electron chi connectivity index (χ3n) is 5.54. The quantitative estimate of drug-likeness (QED) is 0.676. The van der Waals surface area contributed by atoms with Crippen LogP contribution in [0.15, 0.2) is 60.0 Å². The van der Waals surface area contributed by atoms with Crippen molar-refractivity contribution in [3.63, 3.8) is 0 Å². The van der Waals surface area contributed by atoms with Crippen LogP contribution in [0.3, 0.4) is 0 Å². The molecule has 0 unspecified atom stereocenters. The third-order valence-corrected chi connectivity index (χ3v) is 7.45. The maximum Gasteiger partial charge on any atom is 0.265 e. The highest BCUT2D eigenvalue weighted by atomic mass is 32.2. The van der Waals surface area contributed by atoms with Crippen LogP contribution < -0.4 is 15.0 Å². The molecule has 0 radical (unpaired) electrons. The molecule has 0 aromatic heterocycles. The largest absolute Gasteiger partial charge is 0.482 e. The summed E-state index contributed by atoms with van der Waals surface area (Å²) in [6, 6.07) is 11.0. The topological polar surface area (TPSA) is 96.0 Å². The van der Waals surface area contributed by atoms with E-state index in [1.165, 1.54) is 28.6 Å². The maximum absolute atomic E-state index is 12.8. The molecule has 1 N–H and O–H groups in total. The zero-order chi connectivity index (χ0) is 22.7. The number of ether oxygens (including phenoxy) is 1. The summed E-state index contributed by atoms with van der Waals surface area (Å²) in [6.07, 6.45) is 4.39. The Balaban J connectivity index is 1.50. The van der Waals surface area contributed by atoms with E-state index in [-0.39, 0.29) is 23.3 Å². The van der Waals surface area contributed by atoms with Gasteiger partial charge in [-0.2, -0.15) is 4.31 Å². The van der Waals surface area contributed by atoms with Crippen LogP contribution in [0.1, 0.15) is 29.6 Å². The first kappa shape index (κ1) is 22.0. The van der Waals surface area contributed by atoms with E-state index in [9.17, 15) is 18.0 Å². The molecule has 1 fully saturated rings. The van der Waals surface area contributed by atoms with Crippen molar-refractivity contribution in [1.29, 1.82) is 0 Å². The van der Waals surface area contributed by atoms with E-state index < -0.39 is 10.0 Å². The highest BCUT2D eigenvalue weighted by molar-refractivity contribution is 7.89. The van der Waals surface area contributed by atoms with Gasteiger partial charge in [0.15, 0.2) is 6.61 Å². The summed E-state index contributed by atoms with van der Waals surface area (Å²) >= 11 is 0. The number of benzene rings is 2. The molecule has 168 valence electrons. The Bertz CT molecular complexity index is 1140. The minimum atomic E-state index is -3.55. The number of carbonyl (C=O) groups is 2. The van der Waals surface area contributed by atoms with E-state index in [2.05, 4.69) is 11.9 Å². The van der Waals surface area contributed by atoms with Gasteiger partial charge in [0.05, 0.1) is 10.6 Å². The van der Waals surface area contributed by atoms with Gasteiger partial charge in [-0.1, -0.05) is 12.5 Å². The molecule has 2 aliphatic rings. The van der Waals surface area contributed by atoms with Gasteiger partial charge in [0.1, 0.15) is 5.75 Å². The standard InChI is InChI=1S/C23H25N3O5S/c1-2-12-26-20-15-18(8-11-21(20)31-16-22(26)27)24-23(28)17-6-9-19(10-7-17)32(29,30)25-13-4-3-5-14-25/h2,6-11,15H,1,3-5,12-14,16H2,(H,24,28). The van der Waals surface area contributed by atoms with Gasteiger partial charge >= 0.3 is 0 Å². The Morgan fingerprint density at radius 1 is 1.09 bits per heavy atom. The van der Waals surface area contributed by atoms with Crippen molar-refractivity contribution >= 4 is 33.2 Å². The molecule has 8 nitrogen and oxygen atoms in total. The fourth-order valence-electron chi connectivity index (χ4n) is 3.85. The van der Waals surface area contributed by atoms with Crippen LogP contribution in [0.5, 0.6) is 5.75 Å². The molecule has 2 aromatic carbocycles. The Kier molecular flexibility index (Phi) is 6.29. The number of anilines is 2. The number of rotatable bonds is 6. The van der Waals surface area contributed by atoms with Crippen LogP contribution >= 0.6 is 0 Å². The van der Waals surface area contributed by atoms with Crippen LogP contribution in [-0.2, 0) is 14.8 Å². The number of fused-ring (bicyclic) bond motifs is 1. The molecule has 0 saturated carbocycles. The molecule has 2 heterocycles. The van der Waals surface area contributed by atoms with Gasteiger partial charge in [-0.25, -0.2) is 8.42 Å². The zero-order valence-corrected chi connectivity index (χ0v) is 18.4. The number of nitrogens with zero attached hydrogens (tertiary/aromatic N) is 2. The Hall–Kier alpha value is -3.17. The fourth-order valence-corrected chi connectivity index (χ4v) is 5.36. The summed E-state index contributed by atoms with van der Waals surface area (Å²) < 4.78 is 32.5. The number of nitrogens with one attached hydrogen (secondary N) is 1. The molecule has 2 amide bonds. The number of sulfonamides is 1. The average molecular weight is 456 g/mol. The van der Waals surface area contributed by atoms with Gasteiger partial charge in [-0.3, -0.25) is 9.59 Å². The molecule has 0 bridgehead atoms. The van der Waals surface area contributed by atoms with E-state index in [0.717, 1.165) is 19.3 Å². The molecule has 32 heavy (non-hydrogen) atoms. The average Bonchev–Trinajstić information content (AvgIpc) is 2.81. The van der Waals surface area contributed by atoms with Crippen molar-refractivity contribution in [3.05, 3.63) is 60.7 Å². The second-order valence-corrected chi connectivity index (χ2v) is 9.65. The van der Waals surface area contributed by atoms with E-state index in [4.69, 9.17) is 4.74 Å². The predicted octanol–water partition coefficient (Wildman–Crippen LogP) is 3.02. The summed E-state index contributed by atoms with van der Waals surface area (Å²) in [5, 5.41) is 2.79. The van der Waals surface area contributed by atoms with Gasteiger partial charge in [0.2, 0.25) is 10.0 Å². The number of piperidine rings is 1. The molecular formula is C23H25N3O5S. The first-order chi connectivity index (χ1) is 15.4. The molecule has 2 aliphatic heterocycles. The van der Waals surface area contributed by atoms with Crippen LogP contribution in [0.4, 0.5) is 11.4 Å². The second-order valence-electron chi connectivity index (χ2n) is 7.71. The van der Waals surface area contributed by atoms with E-state index in [0.29, 0.717) is 42.3 Å². The minimum absolute atomic E-state index is 0.0424. The van der Waals surface area contributed by atoms with Crippen molar-refractivity contribution < 1.29 is 22.7 Å². The van der Waals surface area contributed by atoms with Crippen LogP contribution in [0.25, 0.3) is 0 Å². The summed E-state index contributed by atoms with van der Waals surface area (Å²) in [5.74, 6) is -0.0201. The molecule has 0 aliphatic carbocycles. The number of amides is 2. The fraction of sp³-hybridized carbons (Fsp3) is 0.304. The molecule has 1 saturated heterocycles. The predicted molar refractivity (Wildman–Crippen MR) is 121 cm³/mol. The summed E-state index contributed by atoms with van der Waals surface area (Å²) in [5.41, 5.74) is 1.38. The molecule has 0 spiro atoms. The lowest BCUT2D eigenvalue weighted by molar-refractivity contribution is -0.121. The minimum Gasteiger partial charge on any atom is -0.482 e. The summed E-state index contributed by atoms with van der Waals surface area (Å²) in [7, 11) is -3.55. The van der Waals surface area contributed by atoms with E-state index in [1.54, 1.807) is 29.2 Å². The molecule has 9 heteroatoms. The Labute approximate surface area is 187 Å². The van der Waals surface area contributed by atoms with Crippen molar-refractivity contribution in [2.45, 2.75) is 24.2 Å². The summed E-state index contributed by atoms with van der Waals surface area (Å²) in [4.78, 5) is 26.6. The highest BCUT2D eigenvalue weighted by Gasteiger charge is 2.27. The van der Waals surface area contributed by atoms with Crippen LogP contribution in [0.2, 0.25) is 0 Å². The summed E-state index contributed by atoms with van der Waals surface area (Å²) in [6.45, 7) is 5.02. The SMILES string of the molecule is C=CCN1C(=O)COc2ccc(NC(=O)c3ccc(S(=O)(=O)N4CCCCC4)cc3)cc21. The van der Waals surface area contributed by atoms with Crippen molar-refractivity contribution in [2.75, 3.05) is 36.5 Å². The van der Waals surface area contributed by atoms with Crippen LogP contribution in [-0.4, -0.2) is 50.8 Å². The van der Waals surface area contributed by atoms with Gasteiger partial charge in [0, 0.05) is 30.9 Å². The lowest BCUT2D eigenvalue weighted by Crippen LogP contribution is -2.38. The second kappa shape index (κ2) is 9.13. The van der Waals surface area contributed by atoms with E-state index in [1.807, 2.05) is 0 Å². The normalized spacial score (nSPS) is 16.8. The molecular weight excluding hydrogens is 430 g/mol. The highest BCUT2D eigenvalue weighted by Crippen LogP contribution is 2.34. The Morgan fingerprint density at radius 3 is 2.50 bits per heavy atom. The van der Waals surface area contributed by atoms with Crippen molar-refractivity contribution in [1.82, 2.24) is 4.31 Å². The lowest BCUT2D eigenvalue weighted by Gasteiger charge is -2.28. The van der Waals surface area contributed by atoms with Crippen molar-refractivity contribution in [2.24, 2.45) is 0 Å². The molecule has 0 atom stereocenters. The first-order valence-electron chi connectivity index (χ1n) is 10.5. The molecule has 2 aromatic rings. The zero-order valence-electron chi connectivity index (χ0n) is 17.6. The monoisotopic (exact) mass is 455 g/mol. The first-order valence-corrected chi connectivity index (χ1v) is 11.9. The van der Waals surface area contributed by atoms with Gasteiger partial charge in [-0.05, 0) is 55.3 Å². The lowest BCUT2D eigenvalue weighted by atomic mass is 10.1. The maximum atomic E-state index is 12.8. The van der Waals surface area contributed by atoms with Crippen molar-refractivity contribution in [3.8, 4) is 5.75 Å². The van der Waals surface area contributed by atoms with Crippen LogP contribution in [0, 0.1) is 0 Å². The number of hydrogen-bond donors (Lipinski definition) is 1. The van der Waals surface area contributed by atoms with Gasteiger partial charge < -0.3 is 15.0 Å².